The van der Waals surface area contributed by atoms with Crippen molar-refractivity contribution in [1.82, 2.24) is 0 Å². The van der Waals surface area contributed by atoms with Gasteiger partial charge in [0.25, 0.3) is 0 Å². The molecular formula is C20H20O. The van der Waals surface area contributed by atoms with Crippen molar-refractivity contribution in [2.24, 2.45) is 0 Å². The van der Waals surface area contributed by atoms with Crippen LogP contribution < -0.4 is 0 Å². The lowest BCUT2D eigenvalue weighted by atomic mass is 9.95. The Morgan fingerprint density at radius 2 is 1.81 bits per heavy atom. The quantitative estimate of drug-likeness (QED) is 0.591. The molecule has 0 amide bonds. The maximum atomic E-state index is 12.3. The van der Waals surface area contributed by atoms with Crippen molar-refractivity contribution >= 4 is 5.78 Å². The molecule has 0 aliphatic rings. The third-order valence-electron chi connectivity index (χ3n) is 3.45. The van der Waals surface area contributed by atoms with E-state index in [2.05, 4.69) is 38.7 Å². The molecule has 0 aliphatic carbocycles. The largest absolute Gasteiger partial charge is 0.279 e. The lowest BCUT2D eigenvalue weighted by molar-refractivity contribution is 0.105. The third kappa shape index (κ3) is 4.07. The fraction of sp³-hybridized carbons (Fsp3) is 0.250. The second kappa shape index (κ2) is 6.90. The zero-order valence-corrected chi connectivity index (χ0v) is 12.8. The molecule has 0 aliphatic heterocycles. The Bertz CT molecular complexity index is 685. The van der Waals surface area contributed by atoms with Crippen molar-refractivity contribution in [3.05, 3.63) is 70.8 Å². The van der Waals surface area contributed by atoms with Crippen LogP contribution in [-0.2, 0) is 6.42 Å². The van der Waals surface area contributed by atoms with Gasteiger partial charge in [0.15, 0.2) is 0 Å². The van der Waals surface area contributed by atoms with E-state index in [1.54, 1.807) is 0 Å². The first kappa shape index (κ1) is 15.1. The molecule has 0 bridgehead atoms. The summed E-state index contributed by atoms with van der Waals surface area (Å²) < 4.78 is 0. The lowest BCUT2D eigenvalue weighted by Crippen LogP contribution is -2.00. The molecule has 2 rings (SSSR count). The molecule has 106 valence electrons. The van der Waals surface area contributed by atoms with Gasteiger partial charge in [-0.25, -0.2) is 0 Å². The van der Waals surface area contributed by atoms with E-state index in [1.165, 1.54) is 11.1 Å². The normalized spacial score (nSPS) is 10.1. The highest BCUT2D eigenvalue weighted by atomic mass is 16.1. The van der Waals surface area contributed by atoms with Gasteiger partial charge in [0.2, 0.25) is 5.78 Å². The first-order chi connectivity index (χ1) is 10.1. The molecule has 0 radical (unpaired) electrons. The first-order valence-electron chi connectivity index (χ1n) is 7.35. The van der Waals surface area contributed by atoms with Crippen molar-refractivity contribution in [2.75, 3.05) is 0 Å². The van der Waals surface area contributed by atoms with Gasteiger partial charge in [-0.1, -0.05) is 51.0 Å². The highest BCUT2D eigenvalue weighted by Gasteiger charge is 2.08. The van der Waals surface area contributed by atoms with E-state index in [-0.39, 0.29) is 5.78 Å². The molecule has 1 heteroatoms. The smallest absolute Gasteiger partial charge is 0.236 e. The van der Waals surface area contributed by atoms with Gasteiger partial charge in [-0.05, 0) is 53.7 Å². The second-order valence-corrected chi connectivity index (χ2v) is 5.42. The zero-order chi connectivity index (χ0) is 15.2. The van der Waals surface area contributed by atoms with Crippen LogP contribution in [0.25, 0.3) is 0 Å². The maximum Gasteiger partial charge on any atom is 0.236 e. The standard InChI is InChI=1S/C20H20O/c1-4-16-12-18(15(2)3)14-19(13-16)20(21)11-10-17-8-6-5-7-9-17/h5-9,12-15H,4H2,1-3H3. The van der Waals surface area contributed by atoms with Crippen LogP contribution >= 0.6 is 0 Å². The lowest BCUT2D eigenvalue weighted by Gasteiger charge is -2.09. The molecular weight excluding hydrogens is 256 g/mol. The summed E-state index contributed by atoms with van der Waals surface area (Å²) in [6.45, 7) is 6.38. The maximum absolute atomic E-state index is 12.3. The van der Waals surface area contributed by atoms with Crippen molar-refractivity contribution < 1.29 is 4.79 Å². The molecule has 0 N–H and O–H groups in total. The number of rotatable bonds is 3. The summed E-state index contributed by atoms with van der Waals surface area (Å²) in [4.78, 5) is 12.3. The van der Waals surface area contributed by atoms with Gasteiger partial charge in [0.1, 0.15) is 0 Å². The number of benzene rings is 2. The predicted octanol–water partition coefficient (Wildman–Crippen LogP) is 4.61. The summed E-state index contributed by atoms with van der Waals surface area (Å²) in [5.74, 6) is 5.97. The number of hydrogen-bond donors (Lipinski definition) is 0. The molecule has 0 spiro atoms. The van der Waals surface area contributed by atoms with Crippen LogP contribution in [0.15, 0.2) is 48.5 Å². The predicted molar refractivity (Wildman–Crippen MR) is 87.6 cm³/mol. The SMILES string of the molecule is CCc1cc(C(=O)C#Cc2ccccc2)cc(C(C)C)c1. The molecule has 0 aromatic heterocycles. The molecule has 0 saturated carbocycles. The van der Waals surface area contributed by atoms with Gasteiger partial charge >= 0.3 is 0 Å². The summed E-state index contributed by atoms with van der Waals surface area (Å²) in [6.07, 6.45) is 0.924. The molecule has 0 saturated heterocycles. The van der Waals surface area contributed by atoms with E-state index < -0.39 is 0 Å². The average molecular weight is 276 g/mol. The van der Waals surface area contributed by atoms with Crippen molar-refractivity contribution in [3.8, 4) is 11.8 Å². The molecule has 2 aromatic rings. The number of ketones is 1. The van der Waals surface area contributed by atoms with Crippen LogP contribution in [0.1, 0.15) is 53.7 Å². The Labute approximate surface area is 127 Å². The van der Waals surface area contributed by atoms with E-state index in [9.17, 15) is 4.79 Å². The topological polar surface area (TPSA) is 17.1 Å². The molecule has 21 heavy (non-hydrogen) atoms. The Hall–Kier alpha value is -2.33. The van der Waals surface area contributed by atoms with Gasteiger partial charge in [0.05, 0.1) is 0 Å². The van der Waals surface area contributed by atoms with Crippen LogP contribution in [0.4, 0.5) is 0 Å². The summed E-state index contributed by atoms with van der Waals surface area (Å²) in [7, 11) is 0. The zero-order valence-electron chi connectivity index (χ0n) is 12.8. The van der Waals surface area contributed by atoms with Crippen LogP contribution in [0, 0.1) is 11.8 Å². The second-order valence-electron chi connectivity index (χ2n) is 5.42. The summed E-state index contributed by atoms with van der Waals surface area (Å²) in [5.41, 5.74) is 3.94. The number of Topliss-reactive ketones (excluding diaryl/α,β-unsaturated/α-hetero) is 1. The third-order valence-corrected chi connectivity index (χ3v) is 3.45. The van der Waals surface area contributed by atoms with E-state index in [0.29, 0.717) is 11.5 Å². The minimum Gasteiger partial charge on any atom is -0.279 e. The summed E-state index contributed by atoms with van der Waals surface area (Å²) >= 11 is 0. The number of carbonyl (C=O) groups excluding carboxylic acids is 1. The van der Waals surface area contributed by atoms with Gasteiger partial charge in [-0.2, -0.15) is 0 Å². The van der Waals surface area contributed by atoms with Crippen LogP contribution in [0.3, 0.4) is 0 Å². The molecule has 0 fully saturated rings. The van der Waals surface area contributed by atoms with E-state index in [4.69, 9.17) is 0 Å². The number of hydrogen-bond acceptors (Lipinski definition) is 1. The molecule has 0 heterocycles. The Balaban J connectivity index is 2.31. The highest BCUT2D eigenvalue weighted by molar-refractivity contribution is 6.09. The van der Waals surface area contributed by atoms with E-state index in [1.807, 2.05) is 42.5 Å². The monoisotopic (exact) mass is 276 g/mol. The molecule has 2 aromatic carbocycles. The van der Waals surface area contributed by atoms with Crippen LogP contribution in [0.2, 0.25) is 0 Å². The minimum atomic E-state index is -0.115. The summed E-state index contributed by atoms with van der Waals surface area (Å²) in [5, 5.41) is 0. The van der Waals surface area contributed by atoms with Gasteiger partial charge in [-0.15, -0.1) is 0 Å². The van der Waals surface area contributed by atoms with E-state index >= 15 is 0 Å². The Kier molecular flexibility index (Phi) is 4.95. The molecule has 0 unspecified atom stereocenters. The highest BCUT2D eigenvalue weighted by Crippen LogP contribution is 2.19. The molecule has 0 atom stereocenters. The van der Waals surface area contributed by atoms with Crippen molar-refractivity contribution in [1.29, 1.82) is 0 Å². The number of carbonyl (C=O) groups is 1. The van der Waals surface area contributed by atoms with Gasteiger partial charge in [0, 0.05) is 11.1 Å². The Morgan fingerprint density at radius 1 is 1.10 bits per heavy atom. The van der Waals surface area contributed by atoms with Crippen LogP contribution in [0.5, 0.6) is 0 Å². The average Bonchev–Trinajstić information content (AvgIpc) is 2.53. The first-order valence-corrected chi connectivity index (χ1v) is 7.35. The van der Waals surface area contributed by atoms with Crippen molar-refractivity contribution in [3.63, 3.8) is 0 Å². The minimum absolute atomic E-state index is 0.115. The van der Waals surface area contributed by atoms with Crippen molar-refractivity contribution in [2.45, 2.75) is 33.1 Å². The fourth-order valence-corrected chi connectivity index (χ4v) is 2.11. The van der Waals surface area contributed by atoms with Crippen LogP contribution in [-0.4, -0.2) is 5.78 Å². The fourth-order valence-electron chi connectivity index (χ4n) is 2.11. The summed E-state index contributed by atoms with van der Waals surface area (Å²) in [6, 6.07) is 15.7. The number of aryl methyl sites for hydroxylation is 1. The van der Waals surface area contributed by atoms with E-state index in [0.717, 1.165) is 12.0 Å². The van der Waals surface area contributed by atoms with Gasteiger partial charge < -0.3 is 0 Å². The Morgan fingerprint density at radius 3 is 2.43 bits per heavy atom. The van der Waals surface area contributed by atoms with Gasteiger partial charge in [-0.3, -0.25) is 4.79 Å². The molecule has 1 nitrogen and oxygen atoms in total.